The molecule has 4 rings (SSSR count). The minimum atomic E-state index is -4.80. The average Bonchev–Trinajstić information content (AvgIpc) is 3.06. The fourth-order valence-electron chi connectivity index (χ4n) is 3.09. The van der Waals surface area contributed by atoms with Crippen LogP contribution in [0.15, 0.2) is 41.5 Å². The quantitative estimate of drug-likeness (QED) is 0.717. The van der Waals surface area contributed by atoms with E-state index in [1.165, 1.54) is 29.1 Å². The maximum atomic E-state index is 12.7. The van der Waals surface area contributed by atoms with Crippen molar-refractivity contribution in [3.8, 4) is 11.4 Å². The highest BCUT2D eigenvalue weighted by atomic mass is 35.5. The van der Waals surface area contributed by atoms with Crippen molar-refractivity contribution >= 4 is 17.3 Å². The van der Waals surface area contributed by atoms with Crippen LogP contribution in [-0.4, -0.2) is 32.9 Å². The third-order valence-electron chi connectivity index (χ3n) is 4.31. The van der Waals surface area contributed by atoms with Crippen molar-refractivity contribution in [3.05, 3.63) is 63.3 Å². The first-order valence-corrected chi connectivity index (χ1v) is 8.60. The van der Waals surface area contributed by atoms with Crippen molar-refractivity contribution in [2.45, 2.75) is 19.3 Å². The number of aromatic amines is 1. The Kier molecular flexibility index (Phi) is 4.50. The van der Waals surface area contributed by atoms with Gasteiger partial charge in [0.25, 0.3) is 5.56 Å². The molecule has 0 amide bonds. The van der Waals surface area contributed by atoms with Gasteiger partial charge in [0, 0.05) is 31.3 Å². The van der Waals surface area contributed by atoms with Crippen LogP contribution >= 0.6 is 11.6 Å². The highest BCUT2D eigenvalue weighted by Gasteiger charge is 2.32. The molecule has 0 spiro atoms. The zero-order chi connectivity index (χ0) is 19.9. The molecule has 0 bridgehead atoms. The van der Waals surface area contributed by atoms with E-state index in [0.717, 1.165) is 11.3 Å². The van der Waals surface area contributed by atoms with Crippen LogP contribution in [0.3, 0.4) is 0 Å². The number of anilines is 1. The molecule has 0 aliphatic carbocycles. The van der Waals surface area contributed by atoms with E-state index < -0.39 is 11.9 Å². The lowest BCUT2D eigenvalue weighted by molar-refractivity contribution is -0.274. The molecule has 1 aromatic carbocycles. The molecule has 28 heavy (non-hydrogen) atoms. The third-order valence-corrected chi connectivity index (χ3v) is 4.68. The molecule has 1 N–H and O–H groups in total. The number of fused-ring (bicyclic) bond motifs is 1. The Labute approximate surface area is 161 Å². The molecule has 146 valence electrons. The molecular formula is C17H13ClF3N5O2. The molecule has 0 fully saturated rings. The Hall–Kier alpha value is -3.01. The predicted octanol–water partition coefficient (Wildman–Crippen LogP) is 3.07. The fourth-order valence-corrected chi connectivity index (χ4v) is 3.31. The Morgan fingerprint density at radius 1 is 1.21 bits per heavy atom. The smallest absolute Gasteiger partial charge is 0.403 e. The van der Waals surface area contributed by atoms with Crippen molar-refractivity contribution in [2.75, 3.05) is 11.4 Å². The van der Waals surface area contributed by atoms with Crippen LogP contribution in [0.2, 0.25) is 5.02 Å². The molecule has 1 aliphatic heterocycles. The van der Waals surface area contributed by atoms with Gasteiger partial charge in [-0.3, -0.25) is 4.79 Å². The van der Waals surface area contributed by atoms with Crippen molar-refractivity contribution in [3.63, 3.8) is 0 Å². The van der Waals surface area contributed by atoms with Gasteiger partial charge in [0.1, 0.15) is 10.7 Å². The van der Waals surface area contributed by atoms with Crippen LogP contribution in [0, 0.1) is 0 Å². The summed E-state index contributed by atoms with van der Waals surface area (Å²) in [5, 5.41) is 10.5. The number of benzene rings is 1. The Bertz CT molecular complexity index is 1080. The number of halogens is 4. The van der Waals surface area contributed by atoms with Crippen LogP contribution in [0.25, 0.3) is 5.69 Å². The van der Waals surface area contributed by atoms with E-state index in [4.69, 9.17) is 11.6 Å². The zero-order valence-corrected chi connectivity index (χ0v) is 15.0. The first-order valence-electron chi connectivity index (χ1n) is 8.22. The van der Waals surface area contributed by atoms with Gasteiger partial charge in [-0.2, -0.15) is 10.2 Å². The predicted molar refractivity (Wildman–Crippen MR) is 94.9 cm³/mol. The van der Waals surface area contributed by atoms with E-state index in [1.807, 2.05) is 4.90 Å². The number of para-hydroxylation sites is 2. The van der Waals surface area contributed by atoms with Crippen LogP contribution in [-0.2, 0) is 13.0 Å². The Morgan fingerprint density at radius 3 is 2.79 bits per heavy atom. The lowest BCUT2D eigenvalue weighted by Gasteiger charge is -2.28. The number of rotatable bonds is 3. The number of ether oxygens (including phenoxy) is 1. The van der Waals surface area contributed by atoms with Gasteiger partial charge >= 0.3 is 6.36 Å². The summed E-state index contributed by atoms with van der Waals surface area (Å²) in [6, 6.07) is 5.79. The van der Waals surface area contributed by atoms with E-state index in [-0.39, 0.29) is 16.5 Å². The average molecular weight is 412 g/mol. The van der Waals surface area contributed by atoms with Crippen molar-refractivity contribution < 1.29 is 17.9 Å². The van der Waals surface area contributed by atoms with Crippen LogP contribution < -0.4 is 15.2 Å². The maximum absolute atomic E-state index is 12.7. The number of H-pyrrole nitrogens is 1. The Balaban J connectivity index is 1.65. The highest BCUT2D eigenvalue weighted by Crippen LogP contribution is 2.31. The summed E-state index contributed by atoms with van der Waals surface area (Å²) in [5.41, 5.74) is 1.75. The van der Waals surface area contributed by atoms with E-state index in [0.29, 0.717) is 25.2 Å². The summed E-state index contributed by atoms with van der Waals surface area (Å²) in [7, 11) is 0. The van der Waals surface area contributed by atoms with Crippen molar-refractivity contribution in [1.29, 1.82) is 0 Å². The monoisotopic (exact) mass is 411 g/mol. The van der Waals surface area contributed by atoms with Crippen molar-refractivity contribution in [2.24, 2.45) is 0 Å². The summed E-state index contributed by atoms with van der Waals surface area (Å²) in [5.74, 6) is -0.339. The van der Waals surface area contributed by atoms with Crippen LogP contribution in [0.1, 0.15) is 11.3 Å². The van der Waals surface area contributed by atoms with Gasteiger partial charge in [-0.15, -0.1) is 13.2 Å². The number of nitrogens with zero attached hydrogens (tertiary/aromatic N) is 4. The second-order valence-electron chi connectivity index (χ2n) is 6.13. The molecule has 2 aromatic heterocycles. The maximum Gasteiger partial charge on any atom is 0.573 e. The van der Waals surface area contributed by atoms with Gasteiger partial charge in [0.05, 0.1) is 17.6 Å². The normalized spacial score (nSPS) is 14.1. The standard InChI is InChI=1S/C17H13ClF3N5O2/c18-15-13(7-22-23-16(15)27)25-6-5-11-10(8-25)9-26(24-11)12-3-1-2-4-14(12)28-17(19,20)21/h1-4,7,9H,5-6,8H2,(H,23,27). The topological polar surface area (TPSA) is 76.0 Å². The van der Waals surface area contributed by atoms with E-state index in [1.54, 1.807) is 12.3 Å². The molecule has 0 saturated heterocycles. The fraction of sp³-hybridized carbons (Fsp3) is 0.235. The number of nitrogens with one attached hydrogen (secondary N) is 1. The molecular weight excluding hydrogens is 399 g/mol. The van der Waals surface area contributed by atoms with Gasteiger partial charge in [0.2, 0.25) is 0 Å². The van der Waals surface area contributed by atoms with Gasteiger partial charge in [-0.05, 0) is 12.1 Å². The highest BCUT2D eigenvalue weighted by molar-refractivity contribution is 6.32. The summed E-state index contributed by atoms with van der Waals surface area (Å²) >= 11 is 6.07. The molecule has 0 radical (unpaired) electrons. The largest absolute Gasteiger partial charge is 0.573 e. The zero-order valence-electron chi connectivity index (χ0n) is 14.2. The van der Waals surface area contributed by atoms with Gasteiger partial charge < -0.3 is 9.64 Å². The summed E-state index contributed by atoms with van der Waals surface area (Å²) < 4.78 is 43.5. The molecule has 1 aliphatic rings. The molecule has 0 atom stereocenters. The Morgan fingerprint density at radius 2 is 2.00 bits per heavy atom. The molecule has 0 unspecified atom stereocenters. The second kappa shape index (κ2) is 6.86. The third kappa shape index (κ3) is 3.55. The summed E-state index contributed by atoms with van der Waals surface area (Å²) in [6.07, 6.45) is -1.16. The first-order chi connectivity index (χ1) is 13.3. The summed E-state index contributed by atoms with van der Waals surface area (Å²) in [6.45, 7) is 0.929. The molecule has 0 saturated carbocycles. The number of hydrogen-bond acceptors (Lipinski definition) is 5. The lowest BCUT2D eigenvalue weighted by Crippen LogP contribution is -2.31. The van der Waals surface area contributed by atoms with Gasteiger partial charge in [-0.25, -0.2) is 9.78 Å². The summed E-state index contributed by atoms with van der Waals surface area (Å²) in [4.78, 5) is 13.5. The minimum absolute atomic E-state index is 0.0368. The SMILES string of the molecule is O=c1[nH]ncc(N2CCc3nn(-c4ccccc4OC(F)(F)F)cc3C2)c1Cl. The minimum Gasteiger partial charge on any atom is -0.403 e. The molecule has 11 heteroatoms. The number of alkyl halides is 3. The second-order valence-corrected chi connectivity index (χ2v) is 6.51. The molecule has 3 aromatic rings. The first kappa shape index (κ1) is 18.4. The van der Waals surface area contributed by atoms with Crippen molar-refractivity contribution in [1.82, 2.24) is 20.0 Å². The van der Waals surface area contributed by atoms with E-state index in [2.05, 4.69) is 20.0 Å². The number of hydrogen-bond donors (Lipinski definition) is 1. The van der Waals surface area contributed by atoms with E-state index in [9.17, 15) is 18.0 Å². The molecule has 3 heterocycles. The van der Waals surface area contributed by atoms with Gasteiger partial charge in [-0.1, -0.05) is 23.7 Å². The van der Waals surface area contributed by atoms with Gasteiger partial charge in [0.15, 0.2) is 5.75 Å². The lowest BCUT2D eigenvalue weighted by atomic mass is 10.1. The van der Waals surface area contributed by atoms with Crippen LogP contribution in [0.5, 0.6) is 5.75 Å². The van der Waals surface area contributed by atoms with Crippen LogP contribution in [0.4, 0.5) is 18.9 Å². The number of aromatic nitrogens is 4. The molecule has 7 nitrogen and oxygen atoms in total. The van der Waals surface area contributed by atoms with E-state index >= 15 is 0 Å².